The van der Waals surface area contributed by atoms with E-state index in [0.29, 0.717) is 57.2 Å². The zero-order valence-corrected chi connectivity index (χ0v) is 19.0. The molecule has 2 heterocycles. The fourth-order valence-electron chi connectivity index (χ4n) is 3.98. The molecule has 0 radical (unpaired) electrons. The summed E-state index contributed by atoms with van der Waals surface area (Å²) in [5, 5.41) is 7.85. The van der Waals surface area contributed by atoms with Gasteiger partial charge in [0.15, 0.2) is 28.8 Å². The molecule has 0 saturated carbocycles. The molecule has 4 rings (SSSR count). The van der Waals surface area contributed by atoms with E-state index in [2.05, 4.69) is 10.3 Å². The third kappa shape index (κ3) is 3.69. The summed E-state index contributed by atoms with van der Waals surface area (Å²) in [6.45, 7) is 1.77. The number of carbonyl (C=O) groups is 1. The van der Waals surface area contributed by atoms with E-state index in [1.54, 1.807) is 58.2 Å². The zero-order chi connectivity index (χ0) is 23.7. The Hall–Kier alpha value is -4.21. The number of aromatic nitrogens is 3. The maximum Gasteiger partial charge on any atom is 0.248 e. The maximum absolute atomic E-state index is 12.5. The van der Waals surface area contributed by atoms with Gasteiger partial charge in [0.2, 0.25) is 11.9 Å². The number of benzene rings is 2. The van der Waals surface area contributed by atoms with E-state index in [0.717, 1.165) is 0 Å². The number of carbonyl (C=O) groups excluding carboxylic acids is 1. The number of nitrogens with two attached hydrogens (primary N) is 1. The molecule has 1 aliphatic rings. The predicted octanol–water partition coefficient (Wildman–Crippen LogP) is 2.75. The summed E-state index contributed by atoms with van der Waals surface area (Å²) in [7, 11) is 6.23. The predicted molar refractivity (Wildman–Crippen MR) is 122 cm³/mol. The molecular formula is C23H25N5O5. The number of anilines is 1. The number of hydrogen-bond donors (Lipinski definition) is 2. The standard InChI is InChI=1S/C23H25N5O5/c1-12-18(21(24)29)19(14-7-6-8-16(31-3)20(14)33-5)28-23(25-12)26-22(27-28)13-9-10-15(30-2)17(11-13)32-4/h6-11,19H,1-5H3,(H2,24,29)(H,25,26,27). The van der Waals surface area contributed by atoms with Gasteiger partial charge in [-0.15, -0.1) is 5.10 Å². The number of fused-ring (bicyclic) bond motifs is 1. The van der Waals surface area contributed by atoms with Crippen LogP contribution in [0.2, 0.25) is 0 Å². The Kier molecular flexibility index (Phi) is 5.82. The lowest BCUT2D eigenvalue weighted by Gasteiger charge is -2.29. The molecule has 3 N–H and O–H groups in total. The number of para-hydroxylation sites is 1. The molecule has 0 spiro atoms. The minimum absolute atomic E-state index is 0.345. The summed E-state index contributed by atoms with van der Waals surface area (Å²) in [6.07, 6.45) is 0. The quantitative estimate of drug-likeness (QED) is 0.562. The number of rotatable bonds is 7. The number of allylic oxidation sites excluding steroid dienone is 1. The lowest BCUT2D eigenvalue weighted by atomic mass is 9.94. The Morgan fingerprint density at radius 3 is 2.36 bits per heavy atom. The molecule has 10 heteroatoms. The van der Waals surface area contributed by atoms with E-state index in [4.69, 9.17) is 29.8 Å². The molecule has 2 aromatic carbocycles. The lowest BCUT2D eigenvalue weighted by Crippen LogP contribution is -2.32. The summed E-state index contributed by atoms with van der Waals surface area (Å²) < 4.78 is 23.4. The highest BCUT2D eigenvalue weighted by molar-refractivity contribution is 5.95. The van der Waals surface area contributed by atoms with Crippen LogP contribution in [0, 0.1) is 0 Å². The topological polar surface area (TPSA) is 123 Å². The number of hydrogen-bond acceptors (Lipinski definition) is 8. The third-order valence-electron chi connectivity index (χ3n) is 5.49. The van der Waals surface area contributed by atoms with Crippen LogP contribution in [0.1, 0.15) is 18.5 Å². The summed E-state index contributed by atoms with van der Waals surface area (Å²) >= 11 is 0. The second-order valence-corrected chi connectivity index (χ2v) is 7.29. The molecule has 1 aromatic heterocycles. The summed E-state index contributed by atoms with van der Waals surface area (Å²) in [4.78, 5) is 17.2. The number of nitrogens with one attached hydrogen (secondary N) is 1. The first kappa shape index (κ1) is 22.0. The molecule has 1 atom stereocenters. The van der Waals surface area contributed by atoms with Crippen LogP contribution in [-0.2, 0) is 4.79 Å². The molecule has 0 bridgehead atoms. The second kappa shape index (κ2) is 8.73. The van der Waals surface area contributed by atoms with E-state index >= 15 is 0 Å². The van der Waals surface area contributed by atoms with Gasteiger partial charge in [0.25, 0.3) is 0 Å². The molecule has 1 unspecified atom stereocenters. The van der Waals surface area contributed by atoms with Gasteiger partial charge < -0.3 is 30.0 Å². The van der Waals surface area contributed by atoms with Gasteiger partial charge >= 0.3 is 0 Å². The Bertz CT molecular complexity index is 1250. The average molecular weight is 451 g/mol. The smallest absolute Gasteiger partial charge is 0.248 e. The van der Waals surface area contributed by atoms with Crippen LogP contribution >= 0.6 is 0 Å². The molecule has 33 heavy (non-hydrogen) atoms. The molecule has 0 saturated heterocycles. The Balaban J connectivity index is 1.91. The molecular weight excluding hydrogens is 426 g/mol. The number of nitrogens with zero attached hydrogens (tertiary/aromatic N) is 3. The van der Waals surface area contributed by atoms with Crippen LogP contribution < -0.4 is 30.0 Å². The zero-order valence-electron chi connectivity index (χ0n) is 19.0. The van der Waals surface area contributed by atoms with Crippen molar-refractivity contribution in [3.05, 3.63) is 53.2 Å². The average Bonchev–Trinajstić information content (AvgIpc) is 3.25. The monoisotopic (exact) mass is 451 g/mol. The van der Waals surface area contributed by atoms with Crippen molar-refractivity contribution in [3.8, 4) is 34.4 Å². The van der Waals surface area contributed by atoms with E-state index in [1.807, 2.05) is 18.2 Å². The molecule has 10 nitrogen and oxygen atoms in total. The summed E-state index contributed by atoms with van der Waals surface area (Å²) in [5.74, 6) is 2.46. The van der Waals surface area contributed by atoms with Gasteiger partial charge in [-0.3, -0.25) is 4.79 Å². The van der Waals surface area contributed by atoms with Crippen molar-refractivity contribution in [1.82, 2.24) is 14.8 Å². The van der Waals surface area contributed by atoms with Gasteiger partial charge in [-0.05, 0) is 31.2 Å². The fraction of sp³-hybridized carbons (Fsp3) is 0.261. The highest BCUT2D eigenvalue weighted by Gasteiger charge is 2.36. The van der Waals surface area contributed by atoms with E-state index in [1.165, 1.54) is 0 Å². The third-order valence-corrected chi connectivity index (χ3v) is 5.49. The Morgan fingerprint density at radius 2 is 1.73 bits per heavy atom. The minimum Gasteiger partial charge on any atom is -0.493 e. The van der Waals surface area contributed by atoms with Crippen molar-refractivity contribution >= 4 is 11.9 Å². The fourth-order valence-corrected chi connectivity index (χ4v) is 3.98. The van der Waals surface area contributed by atoms with E-state index < -0.39 is 11.9 Å². The highest BCUT2D eigenvalue weighted by Crippen LogP contribution is 2.43. The van der Waals surface area contributed by atoms with Gasteiger partial charge in [-0.1, -0.05) is 12.1 Å². The highest BCUT2D eigenvalue weighted by atomic mass is 16.5. The van der Waals surface area contributed by atoms with Crippen LogP contribution in [0.5, 0.6) is 23.0 Å². The van der Waals surface area contributed by atoms with E-state index in [9.17, 15) is 4.79 Å². The summed E-state index contributed by atoms with van der Waals surface area (Å²) in [6, 6.07) is 10.2. The van der Waals surface area contributed by atoms with Crippen LogP contribution in [0.4, 0.5) is 5.95 Å². The number of ether oxygens (including phenoxy) is 4. The van der Waals surface area contributed by atoms with Crippen molar-refractivity contribution in [2.75, 3.05) is 33.8 Å². The molecule has 0 aliphatic carbocycles. The van der Waals surface area contributed by atoms with Crippen LogP contribution in [0.25, 0.3) is 11.4 Å². The maximum atomic E-state index is 12.5. The van der Waals surface area contributed by atoms with Crippen LogP contribution in [0.15, 0.2) is 47.7 Å². The lowest BCUT2D eigenvalue weighted by molar-refractivity contribution is -0.115. The van der Waals surface area contributed by atoms with Gasteiger partial charge in [0, 0.05) is 16.8 Å². The first-order chi connectivity index (χ1) is 15.9. The molecule has 3 aromatic rings. The second-order valence-electron chi connectivity index (χ2n) is 7.29. The van der Waals surface area contributed by atoms with Gasteiger partial charge in [0.1, 0.15) is 6.04 Å². The SMILES string of the molecule is COc1ccc(-c2nc3n(n2)C(c2cccc(OC)c2OC)C(C(N)=O)=C(C)N3)cc1OC. The minimum atomic E-state index is -0.676. The largest absolute Gasteiger partial charge is 0.493 e. The van der Waals surface area contributed by atoms with Crippen molar-refractivity contribution in [1.29, 1.82) is 0 Å². The first-order valence-corrected chi connectivity index (χ1v) is 10.1. The van der Waals surface area contributed by atoms with Crippen LogP contribution in [0.3, 0.4) is 0 Å². The van der Waals surface area contributed by atoms with E-state index in [-0.39, 0.29) is 0 Å². The normalized spacial score (nSPS) is 14.9. The molecule has 1 aliphatic heterocycles. The Morgan fingerprint density at radius 1 is 1.00 bits per heavy atom. The van der Waals surface area contributed by atoms with Gasteiger partial charge in [0.05, 0.1) is 34.0 Å². The van der Waals surface area contributed by atoms with Crippen molar-refractivity contribution in [2.45, 2.75) is 13.0 Å². The summed E-state index contributed by atoms with van der Waals surface area (Å²) in [5.41, 5.74) is 8.09. The number of amides is 1. The first-order valence-electron chi connectivity index (χ1n) is 10.1. The Labute approximate surface area is 190 Å². The van der Waals surface area contributed by atoms with Gasteiger partial charge in [-0.2, -0.15) is 4.98 Å². The number of primary amides is 1. The van der Waals surface area contributed by atoms with Gasteiger partial charge in [-0.25, -0.2) is 4.68 Å². The molecule has 1 amide bonds. The molecule has 0 fully saturated rings. The number of methoxy groups -OCH3 is 4. The molecule has 172 valence electrons. The van der Waals surface area contributed by atoms with Crippen molar-refractivity contribution in [2.24, 2.45) is 5.73 Å². The van der Waals surface area contributed by atoms with Crippen molar-refractivity contribution in [3.63, 3.8) is 0 Å². The van der Waals surface area contributed by atoms with Crippen LogP contribution in [-0.4, -0.2) is 49.1 Å². The van der Waals surface area contributed by atoms with Crippen molar-refractivity contribution < 1.29 is 23.7 Å².